The number of halogens is 1. The van der Waals surface area contributed by atoms with Crippen molar-refractivity contribution in [3.63, 3.8) is 0 Å². The zero-order valence-corrected chi connectivity index (χ0v) is 12.9. The van der Waals surface area contributed by atoms with E-state index in [9.17, 15) is 0 Å². The van der Waals surface area contributed by atoms with Crippen molar-refractivity contribution in [1.29, 1.82) is 0 Å². The lowest BCUT2D eigenvalue weighted by Crippen LogP contribution is -2.02. The average Bonchev–Trinajstić information content (AvgIpc) is 2.73. The van der Waals surface area contributed by atoms with Gasteiger partial charge in [0.15, 0.2) is 0 Å². The van der Waals surface area contributed by atoms with Gasteiger partial charge in [-0.2, -0.15) is 0 Å². The summed E-state index contributed by atoms with van der Waals surface area (Å²) in [4.78, 5) is 5.94. The quantitative estimate of drug-likeness (QED) is 0.904. The van der Waals surface area contributed by atoms with Crippen molar-refractivity contribution >= 4 is 22.9 Å². The van der Waals surface area contributed by atoms with Gasteiger partial charge in [0.1, 0.15) is 0 Å². The van der Waals surface area contributed by atoms with E-state index in [2.05, 4.69) is 13.8 Å². The molecule has 1 aromatic carbocycles. The first-order chi connectivity index (χ1) is 9.10. The maximum absolute atomic E-state index is 6.19. The second kappa shape index (κ2) is 6.51. The molecule has 0 radical (unpaired) electrons. The molecule has 0 amide bonds. The van der Waals surface area contributed by atoms with Gasteiger partial charge in [-0.25, -0.2) is 4.98 Å². The third-order valence-electron chi connectivity index (χ3n) is 2.91. The number of benzene rings is 1. The molecular formula is C15H19ClN2S. The number of nitrogens with zero attached hydrogens (tertiary/aromatic N) is 1. The van der Waals surface area contributed by atoms with E-state index in [0.29, 0.717) is 12.5 Å². The van der Waals surface area contributed by atoms with Crippen LogP contribution in [0.2, 0.25) is 5.02 Å². The van der Waals surface area contributed by atoms with Gasteiger partial charge in [0.05, 0.1) is 10.7 Å². The van der Waals surface area contributed by atoms with Crippen molar-refractivity contribution in [2.24, 2.45) is 11.7 Å². The van der Waals surface area contributed by atoms with Crippen LogP contribution in [0.4, 0.5) is 0 Å². The van der Waals surface area contributed by atoms with Crippen LogP contribution in [0.25, 0.3) is 0 Å². The van der Waals surface area contributed by atoms with Gasteiger partial charge >= 0.3 is 0 Å². The van der Waals surface area contributed by atoms with Crippen molar-refractivity contribution in [2.45, 2.75) is 33.2 Å². The molecule has 4 heteroatoms. The van der Waals surface area contributed by atoms with Crippen LogP contribution < -0.4 is 5.73 Å². The molecule has 0 bridgehead atoms. The first-order valence-corrected chi connectivity index (χ1v) is 7.70. The third-order valence-corrected chi connectivity index (χ3v) is 4.40. The Labute approximate surface area is 123 Å². The Morgan fingerprint density at radius 3 is 2.68 bits per heavy atom. The van der Waals surface area contributed by atoms with Gasteiger partial charge in [-0.1, -0.05) is 43.6 Å². The minimum Gasteiger partial charge on any atom is -0.326 e. The highest BCUT2D eigenvalue weighted by Gasteiger charge is 2.12. The molecule has 2 aromatic rings. The highest BCUT2D eigenvalue weighted by atomic mass is 35.5. The fourth-order valence-electron chi connectivity index (χ4n) is 2.02. The summed E-state index contributed by atoms with van der Waals surface area (Å²) in [6, 6.07) is 7.92. The maximum atomic E-state index is 6.19. The van der Waals surface area contributed by atoms with Crippen molar-refractivity contribution in [2.75, 3.05) is 0 Å². The Morgan fingerprint density at radius 2 is 2.05 bits per heavy atom. The molecule has 0 spiro atoms. The summed E-state index contributed by atoms with van der Waals surface area (Å²) in [6.45, 7) is 4.98. The van der Waals surface area contributed by atoms with E-state index in [1.807, 2.05) is 24.3 Å². The van der Waals surface area contributed by atoms with Crippen LogP contribution in [0.3, 0.4) is 0 Å². The zero-order chi connectivity index (χ0) is 13.8. The topological polar surface area (TPSA) is 38.9 Å². The molecule has 0 fully saturated rings. The molecular weight excluding hydrogens is 276 g/mol. The third kappa shape index (κ3) is 3.78. The lowest BCUT2D eigenvalue weighted by atomic mass is 10.1. The second-order valence-corrected chi connectivity index (χ2v) is 6.62. The summed E-state index contributed by atoms with van der Waals surface area (Å²) in [5, 5.41) is 1.90. The van der Waals surface area contributed by atoms with Crippen LogP contribution in [0.5, 0.6) is 0 Å². The fourth-order valence-corrected chi connectivity index (χ4v) is 3.22. The predicted octanol–water partition coefficient (Wildman–Crippen LogP) is 4.04. The summed E-state index contributed by atoms with van der Waals surface area (Å²) < 4.78 is 0. The van der Waals surface area contributed by atoms with Crippen LogP contribution in [0.15, 0.2) is 24.3 Å². The van der Waals surface area contributed by atoms with Crippen molar-refractivity contribution in [1.82, 2.24) is 4.98 Å². The Morgan fingerprint density at radius 1 is 1.32 bits per heavy atom. The minimum absolute atomic E-state index is 0.572. The first-order valence-electron chi connectivity index (χ1n) is 6.51. The number of hydrogen-bond donors (Lipinski definition) is 1. The van der Waals surface area contributed by atoms with Gasteiger partial charge in [-0.15, -0.1) is 11.3 Å². The van der Waals surface area contributed by atoms with Crippen LogP contribution in [-0.4, -0.2) is 4.98 Å². The summed E-state index contributed by atoms with van der Waals surface area (Å²) in [7, 11) is 0. The van der Waals surface area contributed by atoms with E-state index >= 15 is 0 Å². The average molecular weight is 295 g/mol. The second-order valence-electron chi connectivity index (χ2n) is 5.05. The van der Waals surface area contributed by atoms with Crippen LogP contribution in [0.1, 0.15) is 35.0 Å². The van der Waals surface area contributed by atoms with Crippen molar-refractivity contribution in [3.05, 3.63) is 50.4 Å². The SMILES string of the molecule is CC(C)Cc1nc(Cc2ccccc2Cl)sc1CN. The summed E-state index contributed by atoms with van der Waals surface area (Å²) in [5.74, 6) is 0.598. The lowest BCUT2D eigenvalue weighted by molar-refractivity contribution is 0.632. The van der Waals surface area contributed by atoms with E-state index in [-0.39, 0.29) is 0 Å². The minimum atomic E-state index is 0.572. The number of rotatable bonds is 5. The van der Waals surface area contributed by atoms with Crippen LogP contribution >= 0.6 is 22.9 Å². The van der Waals surface area contributed by atoms with Gasteiger partial charge in [0.2, 0.25) is 0 Å². The summed E-state index contributed by atoms with van der Waals surface area (Å²) in [6.07, 6.45) is 1.78. The van der Waals surface area contributed by atoms with E-state index in [1.165, 1.54) is 4.88 Å². The van der Waals surface area contributed by atoms with Gasteiger partial charge in [-0.3, -0.25) is 0 Å². The Hall–Kier alpha value is -0.900. The van der Waals surface area contributed by atoms with Crippen molar-refractivity contribution in [3.8, 4) is 0 Å². The highest BCUT2D eigenvalue weighted by molar-refractivity contribution is 7.11. The number of thiazole rings is 1. The molecule has 1 heterocycles. The number of nitrogens with two attached hydrogens (primary N) is 1. The normalized spacial score (nSPS) is 11.2. The molecule has 0 aliphatic heterocycles. The molecule has 0 aliphatic rings. The maximum Gasteiger partial charge on any atom is 0.0975 e. The molecule has 1 aromatic heterocycles. The number of hydrogen-bond acceptors (Lipinski definition) is 3. The predicted molar refractivity (Wildman–Crippen MR) is 82.8 cm³/mol. The fraction of sp³-hybridized carbons (Fsp3) is 0.400. The van der Waals surface area contributed by atoms with Gasteiger partial charge in [0.25, 0.3) is 0 Å². The largest absolute Gasteiger partial charge is 0.326 e. The van der Waals surface area contributed by atoms with Gasteiger partial charge in [-0.05, 0) is 24.0 Å². The molecule has 0 atom stereocenters. The molecule has 0 saturated heterocycles. The van der Waals surface area contributed by atoms with Gasteiger partial charge in [0, 0.05) is 22.9 Å². The van der Waals surface area contributed by atoms with E-state index in [0.717, 1.165) is 34.1 Å². The molecule has 0 aliphatic carbocycles. The Balaban J connectivity index is 2.22. The zero-order valence-electron chi connectivity index (χ0n) is 11.3. The molecule has 102 valence electrons. The molecule has 0 unspecified atom stereocenters. The standard InChI is InChI=1S/C15H19ClN2S/c1-10(2)7-13-14(9-17)19-15(18-13)8-11-5-3-4-6-12(11)16/h3-6,10H,7-9,17H2,1-2H3. The molecule has 2 rings (SSSR count). The van der Waals surface area contributed by atoms with Gasteiger partial charge < -0.3 is 5.73 Å². The summed E-state index contributed by atoms with van der Waals surface area (Å²) >= 11 is 7.90. The number of aromatic nitrogens is 1. The highest BCUT2D eigenvalue weighted by Crippen LogP contribution is 2.25. The first kappa shape index (κ1) is 14.5. The molecule has 2 nitrogen and oxygen atoms in total. The van der Waals surface area contributed by atoms with E-state index < -0.39 is 0 Å². The van der Waals surface area contributed by atoms with E-state index in [1.54, 1.807) is 11.3 Å². The Kier molecular flexibility index (Phi) is 4.97. The monoisotopic (exact) mass is 294 g/mol. The summed E-state index contributed by atoms with van der Waals surface area (Å²) in [5.41, 5.74) is 8.09. The van der Waals surface area contributed by atoms with Crippen LogP contribution in [0, 0.1) is 5.92 Å². The smallest absolute Gasteiger partial charge is 0.0975 e. The molecule has 2 N–H and O–H groups in total. The van der Waals surface area contributed by atoms with E-state index in [4.69, 9.17) is 22.3 Å². The van der Waals surface area contributed by atoms with Crippen LogP contribution in [-0.2, 0) is 19.4 Å². The van der Waals surface area contributed by atoms with Crippen molar-refractivity contribution < 1.29 is 0 Å². The lowest BCUT2D eigenvalue weighted by Gasteiger charge is -2.02. The molecule has 19 heavy (non-hydrogen) atoms. The molecule has 0 saturated carbocycles. The Bertz CT molecular complexity index is 549.